The van der Waals surface area contributed by atoms with Crippen LogP contribution >= 0.6 is 0 Å². The van der Waals surface area contributed by atoms with E-state index in [-0.39, 0.29) is 16.1 Å². The van der Waals surface area contributed by atoms with Gasteiger partial charge in [0.2, 0.25) is 0 Å². The van der Waals surface area contributed by atoms with Gasteiger partial charge in [0, 0.05) is 19.3 Å². The molecule has 0 unspecified atom stereocenters. The molecule has 0 aliphatic heterocycles. The van der Waals surface area contributed by atoms with E-state index in [0.29, 0.717) is 12.2 Å². The number of rotatable bonds is 7. The predicted octanol–water partition coefficient (Wildman–Crippen LogP) is 4.13. The minimum absolute atomic E-state index is 0.0212. The van der Waals surface area contributed by atoms with E-state index in [1.54, 1.807) is 44.3 Å². The summed E-state index contributed by atoms with van der Waals surface area (Å²) in [5.41, 5.74) is 2.57. The summed E-state index contributed by atoms with van der Waals surface area (Å²) in [6, 6.07) is 20.7. The van der Waals surface area contributed by atoms with Crippen LogP contribution in [0.4, 0.5) is 11.4 Å². The van der Waals surface area contributed by atoms with Crippen LogP contribution in [0.1, 0.15) is 21.5 Å². The fourth-order valence-electron chi connectivity index (χ4n) is 3.04. The zero-order valence-electron chi connectivity index (χ0n) is 16.2. The molecule has 7 heteroatoms. The second-order valence-corrected chi connectivity index (χ2v) is 8.48. The number of aryl methyl sites for hydroxylation is 1. The van der Waals surface area contributed by atoms with Gasteiger partial charge in [-0.25, -0.2) is 13.2 Å². The Kier molecular flexibility index (Phi) is 5.89. The van der Waals surface area contributed by atoms with Gasteiger partial charge in [-0.1, -0.05) is 42.5 Å². The Morgan fingerprint density at radius 3 is 2.38 bits per heavy atom. The molecule has 0 aliphatic rings. The Balaban J connectivity index is 1.89. The summed E-state index contributed by atoms with van der Waals surface area (Å²) in [5.74, 6) is -1.13. The highest BCUT2D eigenvalue weighted by Gasteiger charge is 2.18. The summed E-state index contributed by atoms with van der Waals surface area (Å²) in [7, 11) is -2.02. The van der Waals surface area contributed by atoms with E-state index in [1.165, 1.54) is 12.1 Å². The Morgan fingerprint density at radius 2 is 1.72 bits per heavy atom. The number of hydrogen-bond donors (Lipinski definition) is 2. The van der Waals surface area contributed by atoms with E-state index < -0.39 is 16.0 Å². The summed E-state index contributed by atoms with van der Waals surface area (Å²) >= 11 is 0. The Bertz CT molecular complexity index is 1130. The van der Waals surface area contributed by atoms with E-state index >= 15 is 0 Å². The largest absolute Gasteiger partial charge is 0.478 e. The van der Waals surface area contributed by atoms with Crippen LogP contribution in [-0.4, -0.2) is 26.5 Å². The molecule has 6 nitrogen and oxygen atoms in total. The molecule has 0 aromatic heterocycles. The molecule has 29 heavy (non-hydrogen) atoms. The molecule has 0 bridgehead atoms. The maximum atomic E-state index is 12.6. The second kappa shape index (κ2) is 8.36. The molecule has 3 rings (SSSR count). The number of hydrogen-bond acceptors (Lipinski definition) is 4. The van der Waals surface area contributed by atoms with E-state index in [9.17, 15) is 18.3 Å². The van der Waals surface area contributed by atoms with Gasteiger partial charge in [0.1, 0.15) is 0 Å². The minimum atomic E-state index is -3.82. The third-order valence-electron chi connectivity index (χ3n) is 4.45. The van der Waals surface area contributed by atoms with Crippen LogP contribution < -0.4 is 9.62 Å². The third kappa shape index (κ3) is 4.94. The molecule has 0 atom stereocenters. The molecular weight excluding hydrogens is 388 g/mol. The molecule has 2 N–H and O–H groups in total. The Labute approximate surface area is 170 Å². The van der Waals surface area contributed by atoms with Crippen LogP contribution in [0.15, 0.2) is 77.7 Å². The van der Waals surface area contributed by atoms with Gasteiger partial charge in [0.05, 0.1) is 16.1 Å². The highest BCUT2D eigenvalue weighted by Crippen LogP contribution is 2.26. The van der Waals surface area contributed by atoms with Crippen LogP contribution in [0.2, 0.25) is 0 Å². The van der Waals surface area contributed by atoms with Gasteiger partial charge in [0.15, 0.2) is 0 Å². The summed E-state index contributed by atoms with van der Waals surface area (Å²) in [6.45, 7) is 2.33. The highest BCUT2D eigenvalue weighted by atomic mass is 32.2. The topological polar surface area (TPSA) is 86.7 Å². The molecule has 0 spiro atoms. The number of anilines is 2. The van der Waals surface area contributed by atoms with Crippen molar-refractivity contribution in [2.24, 2.45) is 0 Å². The molecule has 3 aromatic rings. The van der Waals surface area contributed by atoms with E-state index in [0.717, 1.165) is 11.1 Å². The van der Waals surface area contributed by atoms with Crippen molar-refractivity contribution in [1.29, 1.82) is 0 Å². The quantitative estimate of drug-likeness (QED) is 0.612. The first-order valence-electron chi connectivity index (χ1n) is 8.98. The molecule has 3 aromatic carbocycles. The van der Waals surface area contributed by atoms with Crippen molar-refractivity contribution in [2.75, 3.05) is 16.7 Å². The number of aromatic carboxylic acids is 1. The number of carboxylic acid groups (broad SMARTS) is 1. The lowest BCUT2D eigenvalue weighted by Crippen LogP contribution is -2.20. The van der Waals surface area contributed by atoms with Crippen molar-refractivity contribution in [3.63, 3.8) is 0 Å². The molecule has 0 amide bonds. The van der Waals surface area contributed by atoms with Gasteiger partial charge in [0.25, 0.3) is 10.0 Å². The summed E-state index contributed by atoms with van der Waals surface area (Å²) in [4.78, 5) is 13.7. The fraction of sp³-hybridized carbons (Fsp3) is 0.136. The SMILES string of the molecule is Cc1cccc(S(=O)(=O)Nc2ccc(N(C)Cc3ccccc3)c(C(=O)O)c2)c1. The molecule has 0 aliphatic carbocycles. The Hall–Kier alpha value is -3.32. The minimum Gasteiger partial charge on any atom is -0.478 e. The fourth-order valence-corrected chi connectivity index (χ4v) is 4.20. The number of benzene rings is 3. The van der Waals surface area contributed by atoms with E-state index in [1.807, 2.05) is 35.2 Å². The average Bonchev–Trinajstić information content (AvgIpc) is 2.68. The summed E-state index contributed by atoms with van der Waals surface area (Å²) in [6.07, 6.45) is 0. The molecule has 150 valence electrons. The van der Waals surface area contributed by atoms with Gasteiger partial charge in [-0.2, -0.15) is 0 Å². The first-order chi connectivity index (χ1) is 13.8. The molecular formula is C22H22N2O4S. The number of nitrogens with zero attached hydrogens (tertiary/aromatic N) is 1. The van der Waals surface area contributed by atoms with Crippen molar-refractivity contribution in [3.8, 4) is 0 Å². The molecule has 0 fully saturated rings. The van der Waals surface area contributed by atoms with Gasteiger partial charge >= 0.3 is 5.97 Å². The standard InChI is InChI=1S/C22H22N2O4S/c1-16-7-6-10-19(13-16)29(27,28)23-18-11-12-21(20(14-18)22(25)26)24(2)15-17-8-4-3-5-9-17/h3-14,23H,15H2,1-2H3,(H,25,26). The van der Waals surface area contributed by atoms with Gasteiger partial charge in [-0.05, 0) is 48.4 Å². The molecule has 0 heterocycles. The van der Waals surface area contributed by atoms with Crippen LogP contribution in [-0.2, 0) is 16.6 Å². The first kappa shape index (κ1) is 20.4. The van der Waals surface area contributed by atoms with Crippen molar-refractivity contribution in [1.82, 2.24) is 0 Å². The average molecular weight is 410 g/mol. The second-order valence-electron chi connectivity index (χ2n) is 6.80. The zero-order chi connectivity index (χ0) is 21.0. The van der Waals surface area contributed by atoms with Crippen LogP contribution in [0.25, 0.3) is 0 Å². The normalized spacial score (nSPS) is 11.1. The van der Waals surface area contributed by atoms with Crippen molar-refractivity contribution in [2.45, 2.75) is 18.4 Å². The van der Waals surface area contributed by atoms with Gasteiger partial charge < -0.3 is 10.0 Å². The molecule has 0 radical (unpaired) electrons. The summed E-state index contributed by atoms with van der Waals surface area (Å²) in [5, 5.41) is 9.65. The first-order valence-corrected chi connectivity index (χ1v) is 10.5. The Morgan fingerprint density at radius 1 is 1.00 bits per heavy atom. The van der Waals surface area contributed by atoms with Crippen LogP contribution in [0.3, 0.4) is 0 Å². The van der Waals surface area contributed by atoms with Gasteiger partial charge in [-0.15, -0.1) is 0 Å². The number of sulfonamides is 1. The lowest BCUT2D eigenvalue weighted by atomic mass is 10.1. The van der Waals surface area contributed by atoms with E-state index in [2.05, 4.69) is 4.72 Å². The molecule has 0 saturated carbocycles. The van der Waals surface area contributed by atoms with Crippen molar-refractivity contribution in [3.05, 3.63) is 89.5 Å². The van der Waals surface area contributed by atoms with E-state index in [4.69, 9.17) is 0 Å². The number of nitrogens with one attached hydrogen (secondary N) is 1. The lowest BCUT2D eigenvalue weighted by Gasteiger charge is -2.22. The van der Waals surface area contributed by atoms with Crippen molar-refractivity contribution < 1.29 is 18.3 Å². The monoisotopic (exact) mass is 410 g/mol. The number of carboxylic acids is 1. The third-order valence-corrected chi connectivity index (χ3v) is 5.83. The maximum Gasteiger partial charge on any atom is 0.337 e. The highest BCUT2D eigenvalue weighted by molar-refractivity contribution is 7.92. The summed E-state index contributed by atoms with van der Waals surface area (Å²) < 4.78 is 27.7. The van der Waals surface area contributed by atoms with Crippen LogP contribution in [0, 0.1) is 6.92 Å². The smallest absolute Gasteiger partial charge is 0.337 e. The van der Waals surface area contributed by atoms with Gasteiger partial charge in [-0.3, -0.25) is 4.72 Å². The molecule has 0 saturated heterocycles. The predicted molar refractivity (Wildman–Crippen MR) is 114 cm³/mol. The van der Waals surface area contributed by atoms with Crippen molar-refractivity contribution >= 4 is 27.4 Å². The van der Waals surface area contributed by atoms with Crippen LogP contribution in [0.5, 0.6) is 0 Å². The lowest BCUT2D eigenvalue weighted by molar-refractivity contribution is 0.0697. The zero-order valence-corrected chi connectivity index (χ0v) is 17.0. The maximum absolute atomic E-state index is 12.6. The number of carbonyl (C=O) groups is 1.